The van der Waals surface area contributed by atoms with Gasteiger partial charge in [0.05, 0.1) is 5.69 Å². The molecule has 0 atom stereocenters. The minimum absolute atomic E-state index is 0.0943. The lowest BCUT2D eigenvalue weighted by Crippen LogP contribution is -2.40. The number of carbonyl (C=O) groups excluding carboxylic acids is 1. The van der Waals surface area contributed by atoms with Crippen LogP contribution in [0.1, 0.15) is 23.5 Å². The van der Waals surface area contributed by atoms with Gasteiger partial charge in [0.1, 0.15) is 0 Å². The maximum absolute atomic E-state index is 12.8. The molecular weight excluding hydrogens is 324 g/mol. The first-order chi connectivity index (χ1) is 12.7. The fraction of sp³-hybridized carbons (Fsp3) is 0.286. The van der Waals surface area contributed by atoms with Crippen LogP contribution >= 0.6 is 0 Å². The molecule has 5 heteroatoms. The van der Waals surface area contributed by atoms with E-state index >= 15 is 0 Å². The Balaban J connectivity index is 1.58. The third-order valence-corrected chi connectivity index (χ3v) is 5.13. The van der Waals surface area contributed by atoms with E-state index in [9.17, 15) is 4.79 Å². The third kappa shape index (κ3) is 3.30. The normalized spacial score (nSPS) is 15.3. The molecule has 5 nitrogen and oxygen atoms in total. The molecule has 2 N–H and O–H groups in total. The minimum atomic E-state index is -0.0943. The molecule has 2 heterocycles. The zero-order valence-corrected chi connectivity index (χ0v) is 14.6. The summed E-state index contributed by atoms with van der Waals surface area (Å²) in [5, 5.41) is 2.34. The zero-order chi connectivity index (χ0) is 17.9. The molecule has 1 saturated heterocycles. The molecule has 3 aromatic rings. The summed E-state index contributed by atoms with van der Waals surface area (Å²) >= 11 is 0. The average molecular weight is 346 g/mol. The largest absolute Gasteiger partial charge is 0.336 e. The molecule has 0 spiro atoms. The Morgan fingerprint density at radius 1 is 1.08 bits per heavy atom. The summed E-state index contributed by atoms with van der Waals surface area (Å²) in [6, 6.07) is 16.3. The molecule has 1 aliphatic rings. The van der Waals surface area contributed by atoms with Crippen molar-refractivity contribution in [2.45, 2.75) is 12.8 Å². The molecule has 1 fully saturated rings. The first-order valence-electron chi connectivity index (χ1n) is 9.06. The van der Waals surface area contributed by atoms with E-state index in [-0.39, 0.29) is 11.7 Å². The molecular formula is C21H22N4O. The van der Waals surface area contributed by atoms with Crippen LogP contribution in [-0.4, -0.2) is 40.4 Å². The lowest BCUT2D eigenvalue weighted by Gasteiger charge is -2.30. The van der Waals surface area contributed by atoms with Crippen molar-refractivity contribution in [2.24, 2.45) is 11.7 Å². The standard InChI is InChI=1S/C21H22N4O/c22-14-15-8-11-25(12-9-15)21(26)20-23-10-7-19(24-20)18-6-5-16-3-1-2-4-17(16)13-18/h1-7,10,13,15H,8-9,11-12,14,22H2. The maximum atomic E-state index is 12.8. The first kappa shape index (κ1) is 16.7. The van der Waals surface area contributed by atoms with Crippen molar-refractivity contribution in [3.05, 3.63) is 60.6 Å². The summed E-state index contributed by atoms with van der Waals surface area (Å²) < 4.78 is 0. The van der Waals surface area contributed by atoms with Crippen LogP contribution in [0.3, 0.4) is 0 Å². The smallest absolute Gasteiger partial charge is 0.291 e. The van der Waals surface area contributed by atoms with Crippen LogP contribution in [0.2, 0.25) is 0 Å². The fourth-order valence-corrected chi connectivity index (χ4v) is 3.48. The number of fused-ring (bicyclic) bond motifs is 1. The lowest BCUT2D eigenvalue weighted by molar-refractivity contribution is 0.0681. The average Bonchev–Trinajstić information content (AvgIpc) is 2.73. The van der Waals surface area contributed by atoms with Crippen LogP contribution in [-0.2, 0) is 0 Å². The van der Waals surface area contributed by atoms with E-state index < -0.39 is 0 Å². The van der Waals surface area contributed by atoms with Gasteiger partial charge >= 0.3 is 0 Å². The number of nitrogens with zero attached hydrogens (tertiary/aromatic N) is 3. The van der Waals surface area contributed by atoms with Crippen molar-refractivity contribution in [3.63, 3.8) is 0 Å². The summed E-state index contributed by atoms with van der Waals surface area (Å²) in [5.74, 6) is 0.689. The Hall–Kier alpha value is -2.79. The van der Waals surface area contributed by atoms with E-state index in [0.717, 1.165) is 42.6 Å². The predicted molar refractivity (Wildman–Crippen MR) is 103 cm³/mol. The molecule has 0 radical (unpaired) electrons. The Morgan fingerprint density at radius 2 is 1.85 bits per heavy atom. The quantitative estimate of drug-likeness (QED) is 0.791. The molecule has 0 unspecified atom stereocenters. The van der Waals surface area contributed by atoms with Gasteiger partial charge in [-0.1, -0.05) is 36.4 Å². The second-order valence-corrected chi connectivity index (χ2v) is 6.80. The monoisotopic (exact) mass is 346 g/mol. The van der Waals surface area contributed by atoms with Gasteiger partial charge in [-0.3, -0.25) is 4.79 Å². The number of aromatic nitrogens is 2. The molecule has 1 amide bonds. The number of carbonyl (C=O) groups is 1. The Bertz CT molecular complexity index is 932. The molecule has 0 aliphatic carbocycles. The molecule has 1 aliphatic heterocycles. The summed E-state index contributed by atoms with van der Waals surface area (Å²) in [5.41, 5.74) is 7.49. The third-order valence-electron chi connectivity index (χ3n) is 5.13. The number of rotatable bonds is 3. The van der Waals surface area contributed by atoms with Crippen LogP contribution in [0.4, 0.5) is 0 Å². The highest BCUT2D eigenvalue weighted by atomic mass is 16.2. The number of hydrogen-bond donors (Lipinski definition) is 1. The van der Waals surface area contributed by atoms with Gasteiger partial charge in [-0.25, -0.2) is 9.97 Å². The molecule has 0 saturated carbocycles. The first-order valence-corrected chi connectivity index (χ1v) is 9.06. The molecule has 1 aromatic heterocycles. The maximum Gasteiger partial charge on any atom is 0.291 e. The molecule has 4 rings (SSSR count). The highest BCUT2D eigenvalue weighted by Crippen LogP contribution is 2.23. The molecule has 0 bridgehead atoms. The van der Waals surface area contributed by atoms with E-state index in [2.05, 4.69) is 34.2 Å². The van der Waals surface area contributed by atoms with Gasteiger partial charge in [0.15, 0.2) is 0 Å². The number of hydrogen-bond acceptors (Lipinski definition) is 4. The Labute approximate surface area is 152 Å². The highest BCUT2D eigenvalue weighted by molar-refractivity contribution is 5.91. The van der Waals surface area contributed by atoms with E-state index in [1.165, 1.54) is 5.39 Å². The number of benzene rings is 2. The topological polar surface area (TPSA) is 72.1 Å². The van der Waals surface area contributed by atoms with Gasteiger partial charge < -0.3 is 10.6 Å². The SMILES string of the molecule is NCC1CCN(C(=O)c2nccc(-c3ccc4ccccc4c3)n2)CC1. The van der Waals surface area contributed by atoms with Gasteiger partial charge in [0.25, 0.3) is 5.91 Å². The van der Waals surface area contributed by atoms with Crippen LogP contribution in [0.5, 0.6) is 0 Å². The molecule has 2 aromatic carbocycles. The van der Waals surface area contributed by atoms with Crippen LogP contribution in [0, 0.1) is 5.92 Å². The van der Waals surface area contributed by atoms with Crippen molar-refractivity contribution in [3.8, 4) is 11.3 Å². The number of likely N-dealkylation sites (tertiary alicyclic amines) is 1. The van der Waals surface area contributed by atoms with E-state index in [0.29, 0.717) is 12.5 Å². The van der Waals surface area contributed by atoms with Crippen molar-refractivity contribution in [1.29, 1.82) is 0 Å². The van der Waals surface area contributed by atoms with E-state index in [4.69, 9.17) is 5.73 Å². The zero-order valence-electron chi connectivity index (χ0n) is 14.6. The van der Waals surface area contributed by atoms with E-state index in [1.54, 1.807) is 6.20 Å². The van der Waals surface area contributed by atoms with Gasteiger partial charge in [-0.05, 0) is 48.2 Å². The number of nitrogens with two attached hydrogens (primary N) is 1. The number of piperidine rings is 1. The number of amides is 1. The van der Waals surface area contributed by atoms with Crippen molar-refractivity contribution >= 4 is 16.7 Å². The lowest BCUT2D eigenvalue weighted by atomic mass is 9.97. The summed E-state index contributed by atoms with van der Waals surface area (Å²) in [6.45, 7) is 2.14. The van der Waals surface area contributed by atoms with Gasteiger partial charge in [-0.2, -0.15) is 0 Å². The fourth-order valence-electron chi connectivity index (χ4n) is 3.48. The highest BCUT2D eigenvalue weighted by Gasteiger charge is 2.24. The van der Waals surface area contributed by atoms with Gasteiger partial charge in [-0.15, -0.1) is 0 Å². The Morgan fingerprint density at radius 3 is 2.62 bits per heavy atom. The van der Waals surface area contributed by atoms with Crippen LogP contribution < -0.4 is 5.73 Å². The molecule has 132 valence electrons. The second kappa shape index (κ2) is 7.22. The minimum Gasteiger partial charge on any atom is -0.336 e. The van der Waals surface area contributed by atoms with Crippen molar-refractivity contribution in [2.75, 3.05) is 19.6 Å². The van der Waals surface area contributed by atoms with Gasteiger partial charge in [0, 0.05) is 24.8 Å². The summed E-state index contributed by atoms with van der Waals surface area (Å²) in [4.78, 5) is 23.4. The Kier molecular flexibility index (Phi) is 4.63. The van der Waals surface area contributed by atoms with Gasteiger partial charge in [0.2, 0.25) is 5.82 Å². The van der Waals surface area contributed by atoms with Crippen LogP contribution in [0.15, 0.2) is 54.7 Å². The van der Waals surface area contributed by atoms with Crippen molar-refractivity contribution in [1.82, 2.24) is 14.9 Å². The van der Waals surface area contributed by atoms with E-state index in [1.807, 2.05) is 29.2 Å². The predicted octanol–water partition coefficient (Wildman–Crippen LogP) is 3.11. The summed E-state index contributed by atoms with van der Waals surface area (Å²) in [6.07, 6.45) is 3.57. The van der Waals surface area contributed by atoms with Crippen LogP contribution in [0.25, 0.3) is 22.0 Å². The molecule has 26 heavy (non-hydrogen) atoms. The second-order valence-electron chi connectivity index (χ2n) is 6.80. The summed E-state index contributed by atoms with van der Waals surface area (Å²) in [7, 11) is 0. The van der Waals surface area contributed by atoms with Crippen molar-refractivity contribution < 1.29 is 4.79 Å².